The van der Waals surface area contributed by atoms with Gasteiger partial charge in [0.05, 0.1) is 31.8 Å². The first-order valence-corrected chi connectivity index (χ1v) is 8.35. The number of nitro benzene ring substituents is 1. The molecular weight excluding hydrogens is 389 g/mol. The van der Waals surface area contributed by atoms with Crippen molar-refractivity contribution in [1.29, 1.82) is 0 Å². The van der Waals surface area contributed by atoms with Gasteiger partial charge in [-0.15, -0.1) is 0 Å². The Morgan fingerprint density at radius 1 is 1.07 bits per heavy atom. The summed E-state index contributed by atoms with van der Waals surface area (Å²) in [6, 6.07) is 5.65. The van der Waals surface area contributed by atoms with Gasteiger partial charge < -0.3 is 18.9 Å². The summed E-state index contributed by atoms with van der Waals surface area (Å²) in [6.45, 7) is 1.17. The van der Waals surface area contributed by atoms with Crippen LogP contribution in [0.3, 0.4) is 0 Å². The van der Waals surface area contributed by atoms with E-state index in [1.807, 2.05) is 0 Å². The van der Waals surface area contributed by atoms with Gasteiger partial charge in [-0.25, -0.2) is 9.18 Å². The number of methoxy groups -OCH3 is 2. The van der Waals surface area contributed by atoms with Crippen LogP contribution in [0.25, 0.3) is 0 Å². The van der Waals surface area contributed by atoms with Crippen LogP contribution < -0.4 is 14.2 Å². The number of Topliss-reactive ketones (excluding diaryl/α,β-unsaturated/α-hetero) is 1. The number of carbonyl (C=O) groups excluding carboxylic acids is 2. The molecule has 0 aliphatic carbocycles. The summed E-state index contributed by atoms with van der Waals surface area (Å²) in [5.74, 6) is -2.43. The van der Waals surface area contributed by atoms with Gasteiger partial charge in [0.2, 0.25) is 0 Å². The largest absolute Gasteiger partial charge is 0.494 e. The molecule has 29 heavy (non-hydrogen) atoms. The molecule has 0 N–H and O–H groups in total. The minimum absolute atomic E-state index is 0.0457. The maximum absolute atomic E-state index is 13.7. The van der Waals surface area contributed by atoms with Crippen LogP contribution in [0.1, 0.15) is 27.6 Å². The summed E-state index contributed by atoms with van der Waals surface area (Å²) < 4.78 is 33.7. The fraction of sp³-hybridized carbons (Fsp3) is 0.263. The van der Waals surface area contributed by atoms with Crippen LogP contribution in [0.5, 0.6) is 17.2 Å². The second kappa shape index (κ2) is 9.49. The van der Waals surface area contributed by atoms with Gasteiger partial charge in [0.25, 0.3) is 5.69 Å². The highest BCUT2D eigenvalue weighted by Crippen LogP contribution is 2.35. The average molecular weight is 407 g/mol. The summed E-state index contributed by atoms with van der Waals surface area (Å²) in [4.78, 5) is 35.0. The predicted molar refractivity (Wildman–Crippen MR) is 98.4 cm³/mol. The van der Waals surface area contributed by atoms with E-state index in [4.69, 9.17) is 18.9 Å². The Hall–Kier alpha value is -3.69. The molecule has 0 aromatic heterocycles. The van der Waals surface area contributed by atoms with E-state index in [-0.39, 0.29) is 29.4 Å². The Bertz CT molecular complexity index is 944. The summed E-state index contributed by atoms with van der Waals surface area (Å²) in [7, 11) is 2.58. The molecule has 0 spiro atoms. The number of halogens is 1. The van der Waals surface area contributed by atoms with Gasteiger partial charge in [-0.1, -0.05) is 0 Å². The first-order chi connectivity index (χ1) is 13.8. The van der Waals surface area contributed by atoms with Gasteiger partial charge in [0, 0.05) is 11.6 Å². The van der Waals surface area contributed by atoms with Crippen molar-refractivity contribution in [3.63, 3.8) is 0 Å². The van der Waals surface area contributed by atoms with E-state index in [0.29, 0.717) is 0 Å². The highest BCUT2D eigenvalue weighted by Gasteiger charge is 2.26. The van der Waals surface area contributed by atoms with Crippen molar-refractivity contribution in [2.24, 2.45) is 0 Å². The normalized spacial score (nSPS) is 10.2. The maximum Gasteiger partial charge on any atom is 0.345 e. The van der Waals surface area contributed by atoms with Crippen molar-refractivity contribution in [3.8, 4) is 17.2 Å². The van der Waals surface area contributed by atoms with Crippen molar-refractivity contribution in [3.05, 3.63) is 57.4 Å². The lowest BCUT2D eigenvalue weighted by atomic mass is 10.1. The van der Waals surface area contributed by atoms with Crippen molar-refractivity contribution in [1.82, 2.24) is 0 Å². The second-order valence-electron chi connectivity index (χ2n) is 5.56. The molecule has 0 unspecified atom stereocenters. The van der Waals surface area contributed by atoms with Crippen LogP contribution in [-0.2, 0) is 4.74 Å². The number of carbonyl (C=O) groups is 2. The van der Waals surface area contributed by atoms with E-state index < -0.39 is 40.4 Å². The number of nitro groups is 1. The minimum Gasteiger partial charge on any atom is -0.494 e. The average Bonchev–Trinajstić information content (AvgIpc) is 2.71. The molecule has 2 rings (SSSR count). The Morgan fingerprint density at radius 3 is 2.31 bits per heavy atom. The van der Waals surface area contributed by atoms with Gasteiger partial charge in [-0.3, -0.25) is 14.9 Å². The lowest BCUT2D eigenvalue weighted by Crippen LogP contribution is -2.16. The molecule has 154 valence electrons. The molecule has 0 fully saturated rings. The Morgan fingerprint density at radius 2 is 1.76 bits per heavy atom. The fourth-order valence-corrected chi connectivity index (χ4v) is 2.42. The third-order valence-corrected chi connectivity index (χ3v) is 3.81. The van der Waals surface area contributed by atoms with Crippen LogP contribution in [0.2, 0.25) is 0 Å². The van der Waals surface area contributed by atoms with Crippen molar-refractivity contribution < 1.29 is 37.9 Å². The topological polar surface area (TPSA) is 114 Å². The first kappa shape index (κ1) is 21.6. The highest BCUT2D eigenvalue weighted by atomic mass is 19.1. The molecule has 0 radical (unpaired) electrons. The number of nitrogens with zero attached hydrogens (tertiary/aromatic N) is 1. The van der Waals surface area contributed by atoms with Gasteiger partial charge in [-0.05, 0) is 25.1 Å². The van der Waals surface area contributed by atoms with Crippen LogP contribution in [0.15, 0.2) is 30.3 Å². The third kappa shape index (κ3) is 4.98. The standard InChI is InChI=1S/C19H18FNO8/c1-4-28-18-9-14(21(24)25)12(8-17(18)27-3)19(23)29-10-15(22)11-5-6-16(26-2)13(20)7-11/h5-9H,4,10H2,1-3H3. The van der Waals surface area contributed by atoms with Crippen molar-refractivity contribution in [2.75, 3.05) is 27.4 Å². The van der Waals surface area contributed by atoms with Gasteiger partial charge in [0.15, 0.2) is 35.5 Å². The zero-order valence-corrected chi connectivity index (χ0v) is 15.9. The van der Waals surface area contributed by atoms with E-state index >= 15 is 0 Å². The number of hydrogen-bond acceptors (Lipinski definition) is 8. The number of hydrogen-bond donors (Lipinski definition) is 0. The van der Waals surface area contributed by atoms with Gasteiger partial charge in [-0.2, -0.15) is 0 Å². The number of ether oxygens (including phenoxy) is 4. The van der Waals surface area contributed by atoms with Crippen molar-refractivity contribution >= 4 is 17.4 Å². The Balaban J connectivity index is 2.22. The number of rotatable bonds is 9. The van der Waals surface area contributed by atoms with Crippen LogP contribution in [-0.4, -0.2) is 44.1 Å². The lowest BCUT2D eigenvalue weighted by molar-refractivity contribution is -0.385. The van der Waals surface area contributed by atoms with Crippen LogP contribution in [0.4, 0.5) is 10.1 Å². The number of ketones is 1. The summed E-state index contributed by atoms with van der Waals surface area (Å²) >= 11 is 0. The molecule has 2 aromatic carbocycles. The third-order valence-electron chi connectivity index (χ3n) is 3.81. The molecule has 9 nitrogen and oxygen atoms in total. The monoisotopic (exact) mass is 407 g/mol. The Labute approximate surface area is 165 Å². The Kier molecular flexibility index (Phi) is 7.07. The lowest BCUT2D eigenvalue weighted by Gasteiger charge is -2.11. The van der Waals surface area contributed by atoms with E-state index in [2.05, 4.69) is 0 Å². The van der Waals surface area contributed by atoms with E-state index in [1.54, 1.807) is 6.92 Å². The van der Waals surface area contributed by atoms with Gasteiger partial charge in [0.1, 0.15) is 5.56 Å². The minimum atomic E-state index is -1.11. The predicted octanol–water partition coefficient (Wildman–Crippen LogP) is 3.19. The quantitative estimate of drug-likeness (QED) is 0.269. The molecule has 0 saturated heterocycles. The zero-order valence-electron chi connectivity index (χ0n) is 15.9. The number of benzene rings is 2. The molecule has 0 saturated carbocycles. The fourth-order valence-electron chi connectivity index (χ4n) is 2.42. The molecule has 2 aromatic rings. The SMILES string of the molecule is CCOc1cc([N+](=O)[O-])c(C(=O)OCC(=O)c2ccc(OC)c(F)c2)cc1OC. The molecule has 0 amide bonds. The molecular formula is C19H18FNO8. The van der Waals surface area contributed by atoms with Crippen molar-refractivity contribution in [2.45, 2.75) is 6.92 Å². The van der Waals surface area contributed by atoms with E-state index in [1.165, 1.54) is 26.4 Å². The number of esters is 1. The van der Waals surface area contributed by atoms with E-state index in [9.17, 15) is 24.1 Å². The molecule has 0 bridgehead atoms. The summed E-state index contributed by atoms with van der Waals surface area (Å²) in [5.41, 5.74) is -1.03. The molecule has 10 heteroatoms. The summed E-state index contributed by atoms with van der Waals surface area (Å²) in [5, 5.41) is 11.3. The van der Waals surface area contributed by atoms with Crippen LogP contribution in [0, 0.1) is 15.9 Å². The van der Waals surface area contributed by atoms with Crippen LogP contribution >= 0.6 is 0 Å². The molecule has 0 aliphatic heterocycles. The first-order valence-electron chi connectivity index (χ1n) is 8.35. The highest BCUT2D eigenvalue weighted by molar-refractivity contribution is 6.00. The molecule has 0 aliphatic rings. The van der Waals surface area contributed by atoms with E-state index in [0.717, 1.165) is 18.2 Å². The smallest absolute Gasteiger partial charge is 0.345 e. The zero-order chi connectivity index (χ0) is 21.6. The summed E-state index contributed by atoms with van der Waals surface area (Å²) in [6.07, 6.45) is 0. The second-order valence-corrected chi connectivity index (χ2v) is 5.56. The molecule has 0 heterocycles. The van der Waals surface area contributed by atoms with Gasteiger partial charge >= 0.3 is 5.97 Å². The molecule has 0 atom stereocenters. The maximum atomic E-state index is 13.7.